The van der Waals surface area contributed by atoms with E-state index < -0.39 is 0 Å². The van der Waals surface area contributed by atoms with Crippen molar-refractivity contribution in [3.63, 3.8) is 0 Å². The number of benzene rings is 1. The molecule has 1 aromatic carbocycles. The number of carbonyl (C=O) groups excluding carboxylic acids is 1. The van der Waals surface area contributed by atoms with Crippen LogP contribution >= 0.6 is 15.9 Å². The maximum atomic E-state index is 11.9. The molecule has 0 spiro atoms. The third-order valence-electron chi connectivity index (χ3n) is 2.29. The van der Waals surface area contributed by atoms with Gasteiger partial charge in [-0.1, -0.05) is 11.2 Å². The predicted molar refractivity (Wildman–Crippen MR) is 66.6 cm³/mol. The van der Waals surface area contributed by atoms with E-state index in [2.05, 4.69) is 30.9 Å². The minimum atomic E-state index is -0.139. The quantitative estimate of drug-likeness (QED) is 0.947. The Bertz CT molecular complexity index is 523. The van der Waals surface area contributed by atoms with E-state index in [4.69, 9.17) is 0 Å². The molecular formula is C12H11BrN2O2. The van der Waals surface area contributed by atoms with E-state index in [0.717, 1.165) is 10.0 Å². The minimum absolute atomic E-state index is 0.139. The Morgan fingerprint density at radius 2 is 2.29 bits per heavy atom. The van der Waals surface area contributed by atoms with E-state index in [0.29, 0.717) is 17.8 Å². The summed E-state index contributed by atoms with van der Waals surface area (Å²) in [6.45, 7) is 2.33. The second-order valence-corrected chi connectivity index (χ2v) is 4.51. The van der Waals surface area contributed by atoms with Crippen LogP contribution in [0.1, 0.15) is 21.6 Å². The van der Waals surface area contributed by atoms with Crippen LogP contribution in [0, 0.1) is 6.92 Å². The first-order chi connectivity index (χ1) is 8.16. The molecule has 0 saturated carbocycles. The molecule has 1 N–H and O–H groups in total. The fraction of sp³-hybridized carbons (Fsp3) is 0.167. The molecule has 0 atom stereocenters. The van der Waals surface area contributed by atoms with Gasteiger partial charge in [0, 0.05) is 10.5 Å². The Morgan fingerprint density at radius 1 is 1.47 bits per heavy atom. The van der Waals surface area contributed by atoms with E-state index in [1.54, 1.807) is 12.1 Å². The van der Waals surface area contributed by atoms with Crippen LogP contribution in [0.2, 0.25) is 0 Å². The van der Waals surface area contributed by atoms with Crippen molar-refractivity contribution in [1.82, 2.24) is 10.5 Å². The molecule has 0 fully saturated rings. The van der Waals surface area contributed by atoms with Crippen LogP contribution in [-0.4, -0.2) is 11.1 Å². The normalized spacial score (nSPS) is 10.2. The number of aromatic nitrogens is 1. The molecule has 0 aliphatic rings. The van der Waals surface area contributed by atoms with Crippen LogP contribution in [0.25, 0.3) is 0 Å². The van der Waals surface area contributed by atoms with Crippen molar-refractivity contribution < 1.29 is 9.32 Å². The highest BCUT2D eigenvalue weighted by atomic mass is 79.9. The molecule has 1 amide bonds. The Hall–Kier alpha value is -1.62. The molecule has 0 aliphatic carbocycles. The molecule has 1 aromatic heterocycles. The van der Waals surface area contributed by atoms with Crippen LogP contribution < -0.4 is 5.32 Å². The van der Waals surface area contributed by atoms with Crippen molar-refractivity contribution in [1.29, 1.82) is 0 Å². The summed E-state index contributed by atoms with van der Waals surface area (Å²) in [7, 11) is 0. The highest BCUT2D eigenvalue weighted by Crippen LogP contribution is 2.18. The van der Waals surface area contributed by atoms with Gasteiger partial charge in [0.1, 0.15) is 12.0 Å². The van der Waals surface area contributed by atoms with E-state index in [1.807, 2.05) is 19.1 Å². The van der Waals surface area contributed by atoms with Gasteiger partial charge in [-0.15, -0.1) is 0 Å². The first kappa shape index (κ1) is 11.9. The lowest BCUT2D eigenvalue weighted by Crippen LogP contribution is -2.23. The summed E-state index contributed by atoms with van der Waals surface area (Å²) >= 11 is 3.37. The smallest absolute Gasteiger partial charge is 0.252 e. The van der Waals surface area contributed by atoms with Gasteiger partial charge in [0.15, 0.2) is 0 Å². The van der Waals surface area contributed by atoms with Crippen molar-refractivity contribution in [2.24, 2.45) is 0 Å². The lowest BCUT2D eigenvalue weighted by molar-refractivity contribution is 0.0949. The first-order valence-electron chi connectivity index (χ1n) is 5.10. The number of hydrogen-bond acceptors (Lipinski definition) is 3. The second-order valence-electron chi connectivity index (χ2n) is 3.66. The molecule has 0 bridgehead atoms. The van der Waals surface area contributed by atoms with Crippen molar-refractivity contribution in [3.05, 3.63) is 51.8 Å². The molecule has 2 aromatic rings. The minimum Gasteiger partial charge on any atom is -0.364 e. The molecule has 5 heteroatoms. The van der Waals surface area contributed by atoms with Crippen LogP contribution in [0.4, 0.5) is 0 Å². The molecule has 0 unspecified atom stereocenters. The number of halogens is 1. The Kier molecular flexibility index (Phi) is 3.58. The molecule has 4 nitrogen and oxygen atoms in total. The summed E-state index contributed by atoms with van der Waals surface area (Å²) in [5.41, 5.74) is 2.41. The highest BCUT2D eigenvalue weighted by molar-refractivity contribution is 9.10. The third kappa shape index (κ3) is 2.94. The summed E-state index contributed by atoms with van der Waals surface area (Å²) < 4.78 is 5.47. The van der Waals surface area contributed by atoms with Gasteiger partial charge in [-0.05, 0) is 40.5 Å². The zero-order chi connectivity index (χ0) is 12.3. The zero-order valence-electron chi connectivity index (χ0n) is 9.24. The van der Waals surface area contributed by atoms with Crippen molar-refractivity contribution in [2.45, 2.75) is 13.5 Å². The molecule has 0 radical (unpaired) electrons. The average molecular weight is 295 g/mol. The Morgan fingerprint density at radius 3 is 2.94 bits per heavy atom. The second kappa shape index (κ2) is 5.14. The van der Waals surface area contributed by atoms with Gasteiger partial charge in [0.05, 0.1) is 12.1 Å². The SMILES string of the molecule is Cc1ccc(C(=O)NCc2ccon2)c(Br)c1. The molecule has 17 heavy (non-hydrogen) atoms. The number of hydrogen-bond donors (Lipinski definition) is 1. The Balaban J connectivity index is 2.04. The Labute approximate surface area is 107 Å². The summed E-state index contributed by atoms with van der Waals surface area (Å²) in [4.78, 5) is 11.9. The van der Waals surface area contributed by atoms with E-state index in [9.17, 15) is 4.79 Å². The first-order valence-corrected chi connectivity index (χ1v) is 5.90. The highest BCUT2D eigenvalue weighted by Gasteiger charge is 2.09. The van der Waals surface area contributed by atoms with Crippen LogP contribution in [0.15, 0.2) is 39.5 Å². The zero-order valence-corrected chi connectivity index (χ0v) is 10.8. The maximum absolute atomic E-state index is 11.9. The van der Waals surface area contributed by atoms with Gasteiger partial charge in [-0.3, -0.25) is 4.79 Å². The number of amides is 1. The fourth-order valence-electron chi connectivity index (χ4n) is 1.40. The van der Waals surface area contributed by atoms with Crippen molar-refractivity contribution in [2.75, 3.05) is 0 Å². The molecule has 0 saturated heterocycles. The van der Waals surface area contributed by atoms with Crippen LogP contribution in [0.3, 0.4) is 0 Å². The van der Waals surface area contributed by atoms with Gasteiger partial charge >= 0.3 is 0 Å². The summed E-state index contributed by atoms with van der Waals surface area (Å²) in [5.74, 6) is -0.139. The summed E-state index contributed by atoms with van der Waals surface area (Å²) in [6, 6.07) is 7.31. The molecule has 0 aliphatic heterocycles. The summed E-state index contributed by atoms with van der Waals surface area (Å²) in [5, 5.41) is 6.49. The number of aryl methyl sites for hydroxylation is 1. The van der Waals surface area contributed by atoms with Gasteiger partial charge < -0.3 is 9.84 Å². The van der Waals surface area contributed by atoms with Crippen LogP contribution in [0.5, 0.6) is 0 Å². The van der Waals surface area contributed by atoms with E-state index in [-0.39, 0.29) is 5.91 Å². The predicted octanol–water partition coefficient (Wildman–Crippen LogP) is 2.68. The van der Waals surface area contributed by atoms with Gasteiger partial charge in [0.2, 0.25) is 0 Å². The lowest BCUT2D eigenvalue weighted by Gasteiger charge is -2.05. The maximum Gasteiger partial charge on any atom is 0.252 e. The van der Waals surface area contributed by atoms with Crippen molar-refractivity contribution >= 4 is 21.8 Å². The van der Waals surface area contributed by atoms with Gasteiger partial charge in [-0.2, -0.15) is 0 Å². The topological polar surface area (TPSA) is 55.1 Å². The molecule has 1 heterocycles. The number of nitrogens with zero attached hydrogens (tertiary/aromatic N) is 1. The molecule has 2 rings (SSSR count). The molecule has 88 valence electrons. The van der Waals surface area contributed by atoms with Gasteiger partial charge in [-0.25, -0.2) is 0 Å². The lowest BCUT2D eigenvalue weighted by atomic mass is 10.1. The van der Waals surface area contributed by atoms with E-state index in [1.165, 1.54) is 6.26 Å². The monoisotopic (exact) mass is 294 g/mol. The number of nitrogens with one attached hydrogen (secondary N) is 1. The third-order valence-corrected chi connectivity index (χ3v) is 2.95. The fourth-order valence-corrected chi connectivity index (χ4v) is 2.07. The number of carbonyl (C=O) groups is 1. The molecular weight excluding hydrogens is 284 g/mol. The van der Waals surface area contributed by atoms with Crippen molar-refractivity contribution in [3.8, 4) is 0 Å². The standard InChI is InChI=1S/C12H11BrN2O2/c1-8-2-3-10(11(13)6-8)12(16)14-7-9-4-5-17-15-9/h2-6H,7H2,1H3,(H,14,16). The summed E-state index contributed by atoms with van der Waals surface area (Å²) in [6.07, 6.45) is 1.48. The number of rotatable bonds is 3. The average Bonchev–Trinajstić information content (AvgIpc) is 2.78. The van der Waals surface area contributed by atoms with Gasteiger partial charge in [0.25, 0.3) is 5.91 Å². The van der Waals surface area contributed by atoms with E-state index >= 15 is 0 Å². The largest absolute Gasteiger partial charge is 0.364 e. The van der Waals surface area contributed by atoms with Crippen LogP contribution in [-0.2, 0) is 6.54 Å².